The second-order valence-electron chi connectivity index (χ2n) is 4.02. The molecule has 1 aromatic rings. The Labute approximate surface area is 117 Å². The molecule has 0 bridgehead atoms. The summed E-state index contributed by atoms with van der Waals surface area (Å²) in [6.07, 6.45) is 0.939. The highest BCUT2D eigenvalue weighted by molar-refractivity contribution is 14.1. The normalized spacial score (nSPS) is 13.6. The third-order valence-electron chi connectivity index (χ3n) is 2.66. The Morgan fingerprint density at radius 3 is 2.53 bits per heavy atom. The molecule has 0 aliphatic rings. The molecule has 0 spiro atoms. The molecule has 96 valence electrons. The zero-order valence-electron chi connectivity index (χ0n) is 10.0. The second-order valence-corrected chi connectivity index (χ2v) is 6.19. The maximum absolute atomic E-state index is 13.4. The maximum Gasteiger partial charge on any atom is 0.287 e. The molecular weight excluding hydrogens is 356 g/mol. The number of rotatable bonds is 4. The monoisotopic (exact) mass is 372 g/mol. The van der Waals surface area contributed by atoms with Crippen LogP contribution in [0.3, 0.4) is 0 Å². The molecule has 0 aromatic carbocycles. The van der Waals surface area contributed by atoms with E-state index in [0.29, 0.717) is 5.82 Å². The van der Waals surface area contributed by atoms with Gasteiger partial charge in [-0.05, 0) is 24.5 Å². The topological polar surface area (TPSA) is 16.1 Å². The summed E-state index contributed by atoms with van der Waals surface area (Å²) in [5.41, 5.74) is -2.16. The van der Waals surface area contributed by atoms with E-state index >= 15 is 0 Å². The van der Waals surface area contributed by atoms with Crippen molar-refractivity contribution in [3.63, 3.8) is 0 Å². The zero-order valence-corrected chi connectivity index (χ0v) is 13.4. The van der Waals surface area contributed by atoms with Crippen LogP contribution < -0.4 is 3.11 Å². The lowest BCUT2D eigenvalue weighted by Crippen LogP contribution is -2.14. The van der Waals surface area contributed by atoms with Crippen molar-refractivity contribution in [2.75, 3.05) is 10.2 Å². The Morgan fingerprint density at radius 1 is 1.53 bits per heavy atom. The predicted octanol–water partition coefficient (Wildman–Crippen LogP) is 4.31. The number of hydrogen-bond donors (Lipinski definition) is 0. The van der Waals surface area contributed by atoms with Crippen molar-refractivity contribution in [1.82, 2.24) is 4.98 Å². The van der Waals surface area contributed by atoms with Gasteiger partial charge in [0.1, 0.15) is 5.82 Å². The van der Waals surface area contributed by atoms with E-state index < -0.39 is 5.66 Å². The fraction of sp³-hybridized carbons (Fsp3) is 0.545. The highest BCUT2D eigenvalue weighted by atomic mass is 127. The molecule has 6 heteroatoms. The summed E-state index contributed by atoms with van der Waals surface area (Å²) in [5.74, 6) is 0.598. The summed E-state index contributed by atoms with van der Waals surface area (Å²) in [6.45, 7) is 4.09. The molecule has 2 unspecified atom stereocenters. The molecule has 0 aliphatic heterocycles. The Kier molecular flexibility index (Phi) is 5.07. The van der Waals surface area contributed by atoms with E-state index in [-0.39, 0.29) is 11.5 Å². The van der Waals surface area contributed by atoms with Crippen LogP contribution in [0.4, 0.5) is 14.6 Å². The lowest BCUT2D eigenvalue weighted by molar-refractivity contribution is 0.104. The van der Waals surface area contributed by atoms with E-state index in [1.807, 2.05) is 29.8 Å². The van der Waals surface area contributed by atoms with Crippen LogP contribution in [0.25, 0.3) is 0 Å². The van der Waals surface area contributed by atoms with Gasteiger partial charge in [-0.3, -0.25) is 0 Å². The Bertz CT molecular complexity index is 394. The van der Waals surface area contributed by atoms with Gasteiger partial charge in [0.2, 0.25) is 0 Å². The van der Waals surface area contributed by atoms with E-state index in [2.05, 4.69) is 11.9 Å². The van der Waals surface area contributed by atoms with E-state index in [1.165, 1.54) is 6.07 Å². The molecule has 2 atom stereocenters. The number of nitrogens with zero attached hydrogens (tertiary/aromatic N) is 2. The molecule has 0 saturated carbocycles. The Balaban J connectivity index is 3.27. The summed E-state index contributed by atoms with van der Waals surface area (Å²) >= 11 is 1.95. The average Bonchev–Trinajstić information content (AvgIpc) is 2.25. The van der Waals surface area contributed by atoms with E-state index in [0.717, 1.165) is 12.1 Å². The average molecular weight is 372 g/mol. The first-order chi connectivity index (χ1) is 7.77. The number of halogens is 3. The number of alkyl halides is 2. The highest BCUT2D eigenvalue weighted by Gasteiger charge is 2.30. The number of aromatic nitrogens is 1. The van der Waals surface area contributed by atoms with Crippen molar-refractivity contribution >= 4 is 37.9 Å². The first-order valence-electron chi connectivity index (χ1n) is 5.35. The van der Waals surface area contributed by atoms with E-state index in [4.69, 9.17) is 0 Å². The van der Waals surface area contributed by atoms with Crippen LogP contribution >= 0.6 is 32.1 Å². The van der Waals surface area contributed by atoms with Crippen molar-refractivity contribution < 1.29 is 8.78 Å². The third-order valence-corrected chi connectivity index (χ3v) is 3.43. The minimum absolute atomic E-state index is 0.0635. The van der Waals surface area contributed by atoms with Crippen molar-refractivity contribution in [3.05, 3.63) is 23.4 Å². The minimum atomic E-state index is -2.95. The molecule has 1 heterocycles. The molecular formula is C11H16F2IN2P. The van der Waals surface area contributed by atoms with E-state index in [9.17, 15) is 8.78 Å². The Hall–Kier alpha value is -0.0300. The maximum atomic E-state index is 13.4. The molecule has 0 fully saturated rings. The Morgan fingerprint density at radius 2 is 2.12 bits per heavy atom. The zero-order chi connectivity index (χ0) is 13.2. The van der Waals surface area contributed by atoms with Gasteiger partial charge in [-0.2, -0.15) is 8.78 Å². The van der Waals surface area contributed by atoms with Crippen molar-refractivity contribution in [2.24, 2.45) is 0 Å². The van der Waals surface area contributed by atoms with Crippen LogP contribution in [0.5, 0.6) is 0 Å². The number of anilines is 1. The van der Waals surface area contributed by atoms with Crippen LogP contribution in [0, 0.1) is 0 Å². The summed E-state index contributed by atoms with van der Waals surface area (Å²) in [6, 6.07) is 3.15. The number of hydrogen-bond acceptors (Lipinski definition) is 2. The summed E-state index contributed by atoms with van der Waals surface area (Å²) in [4.78, 5) is 4.33. The third kappa shape index (κ3) is 3.71. The fourth-order valence-corrected chi connectivity index (χ4v) is 2.03. The van der Waals surface area contributed by atoms with Gasteiger partial charge in [0.25, 0.3) is 5.66 Å². The molecule has 0 aliphatic carbocycles. The van der Waals surface area contributed by atoms with Crippen molar-refractivity contribution in [3.8, 4) is 0 Å². The lowest BCUT2D eigenvalue weighted by Gasteiger charge is -2.20. The minimum Gasteiger partial charge on any atom is -0.302 e. The van der Waals surface area contributed by atoms with Gasteiger partial charge in [-0.25, -0.2) is 4.98 Å². The largest absolute Gasteiger partial charge is 0.302 e. The smallest absolute Gasteiger partial charge is 0.287 e. The van der Waals surface area contributed by atoms with Crippen LogP contribution in [0.2, 0.25) is 0 Å². The summed E-state index contributed by atoms with van der Waals surface area (Å²) in [5, 5.41) is 0. The lowest BCUT2D eigenvalue weighted by atomic mass is 10.0. The van der Waals surface area contributed by atoms with Gasteiger partial charge >= 0.3 is 0 Å². The summed E-state index contributed by atoms with van der Waals surface area (Å²) in [7, 11) is 3.27. The predicted molar refractivity (Wildman–Crippen MR) is 79.0 cm³/mol. The SMILES string of the molecule is CCC(C)c1ccc(C(F)(F)P)c(N(C)I)n1. The van der Waals surface area contributed by atoms with E-state index in [1.54, 1.807) is 25.5 Å². The van der Waals surface area contributed by atoms with Crippen molar-refractivity contribution in [1.29, 1.82) is 0 Å². The van der Waals surface area contributed by atoms with Gasteiger partial charge < -0.3 is 3.11 Å². The molecule has 0 amide bonds. The van der Waals surface area contributed by atoms with Crippen LogP contribution in [0.15, 0.2) is 12.1 Å². The molecule has 0 saturated heterocycles. The van der Waals surface area contributed by atoms with Gasteiger partial charge in [-0.15, -0.1) is 0 Å². The molecule has 2 nitrogen and oxygen atoms in total. The first kappa shape index (κ1) is 15.0. The molecule has 1 rings (SSSR count). The second kappa shape index (κ2) is 5.74. The molecule has 1 aromatic heterocycles. The van der Waals surface area contributed by atoms with Crippen LogP contribution in [-0.2, 0) is 5.66 Å². The van der Waals surface area contributed by atoms with Gasteiger partial charge in [-0.1, -0.05) is 23.1 Å². The van der Waals surface area contributed by atoms with Crippen LogP contribution in [-0.4, -0.2) is 12.0 Å². The van der Waals surface area contributed by atoms with Gasteiger partial charge in [0.05, 0.1) is 28.4 Å². The molecule has 0 N–H and O–H groups in total. The fourth-order valence-electron chi connectivity index (χ4n) is 1.44. The number of pyridine rings is 1. The van der Waals surface area contributed by atoms with Crippen molar-refractivity contribution in [2.45, 2.75) is 31.8 Å². The highest BCUT2D eigenvalue weighted by Crippen LogP contribution is 2.40. The molecule has 17 heavy (non-hydrogen) atoms. The quantitative estimate of drug-likeness (QED) is 0.445. The molecule has 0 radical (unpaired) electrons. The summed E-state index contributed by atoms with van der Waals surface area (Å²) < 4.78 is 28.4. The first-order valence-corrected chi connectivity index (χ1v) is 6.89. The van der Waals surface area contributed by atoms with Gasteiger partial charge in [0.15, 0.2) is 0 Å². The standard InChI is InChI=1S/C11H16F2IN2P/c1-4-7(2)9-6-5-8(11(12,13)17)10(15-9)16(3)14/h5-7H,4,17H2,1-3H3. The van der Waals surface area contributed by atoms with Crippen LogP contribution in [0.1, 0.15) is 37.4 Å². The van der Waals surface area contributed by atoms with Gasteiger partial charge in [0, 0.05) is 12.7 Å².